The zero-order chi connectivity index (χ0) is 19.5. The van der Waals surface area contributed by atoms with Crippen molar-refractivity contribution in [3.63, 3.8) is 0 Å². The first-order valence-corrected chi connectivity index (χ1v) is 9.28. The van der Waals surface area contributed by atoms with Gasteiger partial charge in [-0.1, -0.05) is 12.1 Å². The molecule has 0 radical (unpaired) electrons. The number of ether oxygens (including phenoxy) is 1. The van der Waals surface area contributed by atoms with Crippen molar-refractivity contribution < 1.29 is 31.1 Å². The van der Waals surface area contributed by atoms with Crippen molar-refractivity contribution in [3.8, 4) is 16.9 Å². The standard InChI is InChI=1S/C15H16F3N3O4S/c1-26(23,24)14(6-5-13(19)22)21-9-11(8-20-21)10-3-2-4-12(7-10)25-15(16,17)18/h2-4,7-9,14H,5-6H2,1H3,(H2,19,22). The highest BCUT2D eigenvalue weighted by molar-refractivity contribution is 7.90. The van der Waals surface area contributed by atoms with E-state index < -0.39 is 33.2 Å². The maximum Gasteiger partial charge on any atom is 0.573 e. The number of hydrogen-bond acceptors (Lipinski definition) is 5. The third kappa shape index (κ3) is 5.48. The Bertz CT molecular complexity index is 894. The van der Waals surface area contributed by atoms with Gasteiger partial charge in [0.1, 0.15) is 5.75 Å². The number of nitrogens with two attached hydrogens (primary N) is 1. The van der Waals surface area contributed by atoms with Crippen molar-refractivity contribution in [2.75, 3.05) is 6.26 Å². The summed E-state index contributed by atoms with van der Waals surface area (Å²) in [5.74, 6) is -1.06. The second-order valence-corrected chi connectivity index (χ2v) is 7.78. The maximum atomic E-state index is 12.3. The maximum absolute atomic E-state index is 12.3. The number of carbonyl (C=O) groups is 1. The van der Waals surface area contributed by atoms with Gasteiger partial charge in [-0.15, -0.1) is 13.2 Å². The zero-order valence-corrected chi connectivity index (χ0v) is 14.4. The fourth-order valence-corrected chi connectivity index (χ4v) is 3.38. The number of halogens is 3. The Hall–Kier alpha value is -2.56. The first-order chi connectivity index (χ1) is 12.0. The summed E-state index contributed by atoms with van der Waals surface area (Å²) in [5.41, 5.74) is 5.81. The van der Waals surface area contributed by atoms with E-state index in [1.165, 1.54) is 24.5 Å². The minimum Gasteiger partial charge on any atom is -0.406 e. The highest BCUT2D eigenvalue weighted by Gasteiger charge is 2.31. The van der Waals surface area contributed by atoms with Crippen LogP contribution in [0.15, 0.2) is 36.7 Å². The topological polar surface area (TPSA) is 104 Å². The van der Waals surface area contributed by atoms with E-state index in [0.717, 1.165) is 23.1 Å². The second-order valence-electron chi connectivity index (χ2n) is 5.57. The third-order valence-electron chi connectivity index (χ3n) is 3.43. The van der Waals surface area contributed by atoms with Gasteiger partial charge in [0, 0.05) is 24.4 Å². The second kappa shape index (κ2) is 7.36. The van der Waals surface area contributed by atoms with Crippen LogP contribution in [0.25, 0.3) is 11.1 Å². The van der Waals surface area contributed by atoms with E-state index in [2.05, 4.69) is 9.84 Å². The summed E-state index contributed by atoms with van der Waals surface area (Å²) in [5, 5.41) is 2.85. The predicted octanol–water partition coefficient (Wildman–Crippen LogP) is 2.26. The normalized spacial score (nSPS) is 13.4. The van der Waals surface area contributed by atoms with Crippen LogP contribution >= 0.6 is 0 Å². The molecule has 0 aliphatic carbocycles. The zero-order valence-electron chi connectivity index (χ0n) is 13.6. The van der Waals surface area contributed by atoms with Crippen LogP contribution in [0.2, 0.25) is 0 Å². The molecule has 2 rings (SSSR count). The van der Waals surface area contributed by atoms with Crippen LogP contribution in [0.5, 0.6) is 5.75 Å². The Morgan fingerprint density at radius 1 is 1.35 bits per heavy atom. The predicted molar refractivity (Wildman–Crippen MR) is 86.7 cm³/mol. The highest BCUT2D eigenvalue weighted by Crippen LogP contribution is 2.29. The van der Waals surface area contributed by atoms with Gasteiger partial charge in [0.25, 0.3) is 0 Å². The highest BCUT2D eigenvalue weighted by atomic mass is 32.2. The Kier molecular flexibility index (Phi) is 5.59. The lowest BCUT2D eigenvalue weighted by Crippen LogP contribution is -2.22. The number of hydrogen-bond donors (Lipinski definition) is 1. The summed E-state index contributed by atoms with van der Waals surface area (Å²) in [6, 6.07) is 5.21. The summed E-state index contributed by atoms with van der Waals surface area (Å²) < 4.78 is 65.9. The van der Waals surface area contributed by atoms with Crippen LogP contribution in [0, 0.1) is 0 Å². The van der Waals surface area contributed by atoms with E-state index in [9.17, 15) is 26.4 Å². The lowest BCUT2D eigenvalue weighted by Gasteiger charge is -2.14. The van der Waals surface area contributed by atoms with Gasteiger partial charge in [-0.3, -0.25) is 9.48 Å². The number of carbonyl (C=O) groups excluding carboxylic acids is 1. The van der Waals surface area contributed by atoms with Crippen molar-refractivity contribution >= 4 is 15.7 Å². The van der Waals surface area contributed by atoms with Crippen LogP contribution in [0.1, 0.15) is 18.2 Å². The van der Waals surface area contributed by atoms with Crippen molar-refractivity contribution in [2.24, 2.45) is 5.73 Å². The third-order valence-corrected chi connectivity index (χ3v) is 4.87. The summed E-state index contributed by atoms with van der Waals surface area (Å²) in [6.45, 7) is 0. The number of amides is 1. The number of rotatable bonds is 7. The summed E-state index contributed by atoms with van der Waals surface area (Å²) in [4.78, 5) is 10.9. The fourth-order valence-electron chi connectivity index (χ4n) is 2.33. The van der Waals surface area contributed by atoms with Gasteiger partial charge in [-0.25, -0.2) is 8.42 Å². The minimum absolute atomic E-state index is 0.0630. The Balaban J connectivity index is 2.30. The first kappa shape index (κ1) is 19.8. The van der Waals surface area contributed by atoms with Gasteiger partial charge < -0.3 is 10.5 Å². The van der Waals surface area contributed by atoms with Gasteiger partial charge in [0.2, 0.25) is 5.91 Å². The van der Waals surface area contributed by atoms with Gasteiger partial charge >= 0.3 is 6.36 Å². The molecule has 0 saturated heterocycles. The Labute approximate surface area is 147 Å². The molecule has 1 heterocycles. The molecule has 0 saturated carbocycles. The van der Waals surface area contributed by atoms with Gasteiger partial charge in [-0.05, 0) is 24.1 Å². The first-order valence-electron chi connectivity index (χ1n) is 7.33. The summed E-state index contributed by atoms with van der Waals surface area (Å²) >= 11 is 0. The Morgan fingerprint density at radius 2 is 2.04 bits per heavy atom. The molecule has 1 amide bonds. The van der Waals surface area contributed by atoms with Crippen molar-refractivity contribution in [1.82, 2.24) is 9.78 Å². The molecule has 11 heteroatoms. The molecule has 1 aromatic heterocycles. The number of nitrogens with zero attached hydrogens (tertiary/aromatic N) is 2. The van der Waals surface area contributed by atoms with Gasteiger partial charge in [0.15, 0.2) is 15.2 Å². The van der Waals surface area contributed by atoms with Crippen molar-refractivity contribution in [1.29, 1.82) is 0 Å². The van der Waals surface area contributed by atoms with Crippen LogP contribution in [-0.4, -0.2) is 36.7 Å². The SMILES string of the molecule is CS(=O)(=O)C(CCC(N)=O)n1cc(-c2cccc(OC(F)(F)F)c2)cn1. The molecular formula is C15H16F3N3O4S. The lowest BCUT2D eigenvalue weighted by molar-refractivity contribution is -0.274. The van der Waals surface area contributed by atoms with E-state index in [-0.39, 0.29) is 12.8 Å². The van der Waals surface area contributed by atoms with Crippen LogP contribution in [0.4, 0.5) is 13.2 Å². The molecule has 2 N–H and O–H groups in total. The quantitative estimate of drug-likeness (QED) is 0.780. The van der Waals surface area contributed by atoms with E-state index in [1.54, 1.807) is 0 Å². The fraction of sp³-hybridized carbons (Fsp3) is 0.333. The number of sulfone groups is 1. The lowest BCUT2D eigenvalue weighted by atomic mass is 10.1. The molecule has 0 bridgehead atoms. The molecule has 2 aromatic rings. The largest absolute Gasteiger partial charge is 0.573 e. The van der Waals surface area contributed by atoms with Crippen LogP contribution < -0.4 is 10.5 Å². The van der Waals surface area contributed by atoms with Crippen molar-refractivity contribution in [3.05, 3.63) is 36.7 Å². The summed E-state index contributed by atoms with van der Waals surface area (Å²) in [6.07, 6.45) is -1.35. The minimum atomic E-state index is -4.82. The average Bonchev–Trinajstić information content (AvgIpc) is 2.93. The molecule has 7 nitrogen and oxygen atoms in total. The number of alkyl halides is 3. The van der Waals surface area contributed by atoms with Gasteiger partial charge in [-0.2, -0.15) is 5.10 Å². The molecule has 0 aliphatic heterocycles. The van der Waals surface area contributed by atoms with Crippen LogP contribution in [-0.2, 0) is 14.6 Å². The number of benzene rings is 1. The smallest absolute Gasteiger partial charge is 0.406 e. The van der Waals surface area contributed by atoms with E-state index in [4.69, 9.17) is 5.73 Å². The molecule has 0 spiro atoms. The molecule has 1 atom stereocenters. The molecule has 142 valence electrons. The van der Waals surface area contributed by atoms with Gasteiger partial charge in [0.05, 0.1) is 6.20 Å². The van der Waals surface area contributed by atoms with E-state index >= 15 is 0 Å². The molecular weight excluding hydrogens is 375 g/mol. The average molecular weight is 391 g/mol. The van der Waals surface area contributed by atoms with Crippen molar-refractivity contribution in [2.45, 2.75) is 24.6 Å². The summed E-state index contributed by atoms with van der Waals surface area (Å²) in [7, 11) is -3.60. The molecule has 0 aliphatic rings. The molecule has 1 aromatic carbocycles. The molecule has 1 unspecified atom stereocenters. The van der Waals surface area contributed by atoms with E-state index in [0.29, 0.717) is 11.1 Å². The monoisotopic (exact) mass is 391 g/mol. The number of aromatic nitrogens is 2. The Morgan fingerprint density at radius 3 is 2.62 bits per heavy atom. The van der Waals surface area contributed by atoms with E-state index in [1.807, 2.05) is 0 Å². The van der Waals surface area contributed by atoms with Crippen LogP contribution in [0.3, 0.4) is 0 Å². The molecule has 0 fully saturated rings. The molecule has 26 heavy (non-hydrogen) atoms. The number of primary amides is 1.